The molecule has 0 bridgehead atoms. The number of nitrogens with zero attached hydrogens (tertiary/aromatic N) is 1. The second-order valence-electron chi connectivity index (χ2n) is 3.95. The molecule has 1 aliphatic heterocycles. The van der Waals surface area contributed by atoms with Crippen LogP contribution in [0.4, 0.5) is 0 Å². The fourth-order valence-corrected chi connectivity index (χ4v) is 1.78. The van der Waals surface area contributed by atoms with Gasteiger partial charge in [-0.15, -0.1) is 0 Å². The summed E-state index contributed by atoms with van der Waals surface area (Å²) in [6.45, 7) is 6.14. The fourth-order valence-electron chi connectivity index (χ4n) is 1.78. The Hall–Kier alpha value is -0.610. The fraction of sp³-hybridized carbons (Fsp3) is 0.900. The van der Waals surface area contributed by atoms with Crippen molar-refractivity contribution in [1.29, 1.82) is 0 Å². The van der Waals surface area contributed by atoms with Crippen LogP contribution in [0.1, 0.15) is 26.7 Å². The van der Waals surface area contributed by atoms with E-state index in [4.69, 9.17) is 0 Å². The highest BCUT2D eigenvalue weighted by atomic mass is 16.3. The zero-order chi connectivity index (χ0) is 10.6. The summed E-state index contributed by atoms with van der Waals surface area (Å²) in [5.74, 6) is 0.148. The minimum Gasteiger partial charge on any atom is -0.391 e. The van der Waals surface area contributed by atoms with Gasteiger partial charge in [0.25, 0.3) is 0 Å². The molecule has 1 rings (SSSR count). The molecule has 1 unspecified atom stereocenters. The maximum atomic E-state index is 11.7. The number of hydrogen-bond donors (Lipinski definition) is 2. The van der Waals surface area contributed by atoms with Crippen LogP contribution < -0.4 is 5.32 Å². The third-order valence-corrected chi connectivity index (χ3v) is 2.55. The summed E-state index contributed by atoms with van der Waals surface area (Å²) in [6.07, 6.45) is 0.940. The SMILES string of the molecule is CCNC(C)CC(=O)N1CC[C@@H](O)C1. The van der Waals surface area contributed by atoms with E-state index in [1.807, 2.05) is 13.8 Å². The Morgan fingerprint density at radius 2 is 2.43 bits per heavy atom. The van der Waals surface area contributed by atoms with E-state index < -0.39 is 0 Å². The van der Waals surface area contributed by atoms with Crippen LogP contribution in [0.15, 0.2) is 0 Å². The van der Waals surface area contributed by atoms with E-state index in [0.29, 0.717) is 19.5 Å². The van der Waals surface area contributed by atoms with Crippen molar-refractivity contribution in [2.45, 2.75) is 38.8 Å². The maximum absolute atomic E-state index is 11.7. The summed E-state index contributed by atoms with van der Waals surface area (Å²) >= 11 is 0. The highest BCUT2D eigenvalue weighted by Gasteiger charge is 2.24. The van der Waals surface area contributed by atoms with Gasteiger partial charge in [-0.05, 0) is 19.9 Å². The largest absolute Gasteiger partial charge is 0.391 e. The number of likely N-dealkylation sites (tertiary alicyclic amines) is 1. The second kappa shape index (κ2) is 5.32. The molecule has 2 N–H and O–H groups in total. The van der Waals surface area contributed by atoms with E-state index in [0.717, 1.165) is 13.0 Å². The molecular weight excluding hydrogens is 180 g/mol. The Bertz CT molecular complexity index is 197. The first-order chi connectivity index (χ1) is 6.63. The third kappa shape index (κ3) is 3.27. The molecule has 0 radical (unpaired) electrons. The van der Waals surface area contributed by atoms with Crippen molar-refractivity contribution < 1.29 is 9.90 Å². The maximum Gasteiger partial charge on any atom is 0.224 e. The number of carbonyl (C=O) groups is 1. The molecule has 1 fully saturated rings. The molecule has 0 aromatic heterocycles. The quantitative estimate of drug-likeness (QED) is 0.670. The van der Waals surface area contributed by atoms with Gasteiger partial charge in [-0.2, -0.15) is 0 Å². The van der Waals surface area contributed by atoms with Gasteiger partial charge in [0.15, 0.2) is 0 Å². The predicted molar refractivity (Wildman–Crippen MR) is 55.0 cm³/mol. The van der Waals surface area contributed by atoms with Crippen LogP contribution in [0.5, 0.6) is 0 Å². The summed E-state index contributed by atoms with van der Waals surface area (Å²) in [5, 5.41) is 12.5. The molecule has 0 aromatic carbocycles. The first-order valence-corrected chi connectivity index (χ1v) is 5.32. The van der Waals surface area contributed by atoms with Crippen molar-refractivity contribution in [2.24, 2.45) is 0 Å². The van der Waals surface area contributed by atoms with Crippen LogP contribution in [0, 0.1) is 0 Å². The summed E-state index contributed by atoms with van der Waals surface area (Å²) in [7, 11) is 0. The molecule has 2 atom stereocenters. The molecule has 0 aromatic rings. The topological polar surface area (TPSA) is 52.6 Å². The van der Waals surface area contributed by atoms with Gasteiger partial charge >= 0.3 is 0 Å². The lowest BCUT2D eigenvalue weighted by molar-refractivity contribution is -0.130. The summed E-state index contributed by atoms with van der Waals surface area (Å²) in [6, 6.07) is 0.227. The summed E-state index contributed by atoms with van der Waals surface area (Å²) in [4.78, 5) is 13.4. The van der Waals surface area contributed by atoms with Crippen molar-refractivity contribution in [3.05, 3.63) is 0 Å². The molecule has 0 spiro atoms. The highest BCUT2D eigenvalue weighted by molar-refractivity contribution is 5.77. The third-order valence-electron chi connectivity index (χ3n) is 2.55. The number of aliphatic hydroxyl groups is 1. The van der Waals surface area contributed by atoms with E-state index >= 15 is 0 Å². The first kappa shape index (κ1) is 11.5. The first-order valence-electron chi connectivity index (χ1n) is 5.32. The molecule has 1 aliphatic rings. The van der Waals surface area contributed by atoms with Crippen LogP contribution in [-0.4, -0.2) is 47.7 Å². The lowest BCUT2D eigenvalue weighted by atomic mass is 10.2. The van der Waals surface area contributed by atoms with Crippen LogP contribution in [0.3, 0.4) is 0 Å². The zero-order valence-corrected chi connectivity index (χ0v) is 8.99. The Balaban J connectivity index is 2.27. The normalized spacial score (nSPS) is 23.9. The average Bonchev–Trinajstić information content (AvgIpc) is 2.52. The van der Waals surface area contributed by atoms with E-state index in [9.17, 15) is 9.90 Å². The van der Waals surface area contributed by atoms with Crippen LogP contribution in [0.2, 0.25) is 0 Å². The zero-order valence-electron chi connectivity index (χ0n) is 8.99. The number of aliphatic hydroxyl groups excluding tert-OH is 1. The van der Waals surface area contributed by atoms with Gasteiger partial charge in [0.1, 0.15) is 0 Å². The minimum absolute atomic E-state index is 0.148. The smallest absolute Gasteiger partial charge is 0.224 e. The number of β-amino-alcohol motifs (C(OH)–C–C–N with tert-alkyl or cyclic N) is 1. The minimum atomic E-state index is -0.312. The van der Waals surface area contributed by atoms with Crippen LogP contribution >= 0.6 is 0 Å². The molecule has 1 saturated heterocycles. The highest BCUT2D eigenvalue weighted by Crippen LogP contribution is 2.10. The molecule has 4 nitrogen and oxygen atoms in total. The van der Waals surface area contributed by atoms with Crippen LogP contribution in [-0.2, 0) is 4.79 Å². The predicted octanol–water partition coefficient (Wildman–Crippen LogP) is -0.0323. The number of carbonyl (C=O) groups excluding carboxylic acids is 1. The summed E-state index contributed by atoms with van der Waals surface area (Å²) < 4.78 is 0. The number of hydrogen-bond acceptors (Lipinski definition) is 3. The molecule has 14 heavy (non-hydrogen) atoms. The van der Waals surface area contributed by atoms with Gasteiger partial charge in [0.05, 0.1) is 6.10 Å². The lowest BCUT2D eigenvalue weighted by Crippen LogP contribution is -2.36. The van der Waals surface area contributed by atoms with E-state index in [1.54, 1.807) is 4.90 Å². The Kier molecular flexibility index (Phi) is 4.35. The van der Waals surface area contributed by atoms with Gasteiger partial charge in [-0.25, -0.2) is 0 Å². The van der Waals surface area contributed by atoms with Gasteiger partial charge < -0.3 is 15.3 Å². The molecule has 1 heterocycles. The number of amides is 1. The average molecular weight is 200 g/mol. The molecular formula is C10H20N2O2. The van der Waals surface area contributed by atoms with Crippen molar-refractivity contribution in [1.82, 2.24) is 10.2 Å². The van der Waals surface area contributed by atoms with Crippen molar-refractivity contribution in [3.63, 3.8) is 0 Å². The van der Waals surface area contributed by atoms with Crippen molar-refractivity contribution in [3.8, 4) is 0 Å². The van der Waals surface area contributed by atoms with Crippen molar-refractivity contribution >= 4 is 5.91 Å². The molecule has 0 aliphatic carbocycles. The molecule has 4 heteroatoms. The van der Waals surface area contributed by atoms with Gasteiger partial charge in [-0.3, -0.25) is 4.79 Å². The summed E-state index contributed by atoms with van der Waals surface area (Å²) in [5.41, 5.74) is 0. The Morgan fingerprint density at radius 1 is 1.71 bits per heavy atom. The van der Waals surface area contributed by atoms with Crippen molar-refractivity contribution in [2.75, 3.05) is 19.6 Å². The van der Waals surface area contributed by atoms with Crippen LogP contribution in [0.25, 0.3) is 0 Å². The molecule has 1 amide bonds. The Morgan fingerprint density at radius 3 is 2.93 bits per heavy atom. The Labute approximate surface area is 85.3 Å². The van der Waals surface area contributed by atoms with E-state index in [-0.39, 0.29) is 18.1 Å². The lowest BCUT2D eigenvalue weighted by Gasteiger charge is -2.18. The number of nitrogens with one attached hydrogen (secondary N) is 1. The second-order valence-corrected chi connectivity index (χ2v) is 3.95. The monoisotopic (exact) mass is 200 g/mol. The molecule has 0 saturated carbocycles. The van der Waals surface area contributed by atoms with E-state index in [1.165, 1.54) is 0 Å². The standard InChI is InChI=1S/C10H20N2O2/c1-3-11-8(2)6-10(14)12-5-4-9(13)7-12/h8-9,11,13H,3-7H2,1-2H3/t8?,9-/m1/s1. The number of rotatable bonds is 4. The van der Waals surface area contributed by atoms with Gasteiger partial charge in [-0.1, -0.05) is 6.92 Å². The van der Waals surface area contributed by atoms with Gasteiger partial charge in [0, 0.05) is 25.6 Å². The van der Waals surface area contributed by atoms with Gasteiger partial charge in [0.2, 0.25) is 5.91 Å². The molecule has 82 valence electrons. The van der Waals surface area contributed by atoms with E-state index in [2.05, 4.69) is 5.32 Å².